The molecule has 1 aromatic heterocycles. The summed E-state index contributed by atoms with van der Waals surface area (Å²) in [6.07, 6.45) is 2.02. The molecule has 1 aromatic rings. The molecule has 1 atom stereocenters. The van der Waals surface area contributed by atoms with Crippen molar-refractivity contribution in [2.45, 2.75) is 20.3 Å². The van der Waals surface area contributed by atoms with Gasteiger partial charge in [-0.25, -0.2) is 4.39 Å². The highest BCUT2D eigenvalue weighted by molar-refractivity contribution is 5.95. The summed E-state index contributed by atoms with van der Waals surface area (Å²) in [4.78, 5) is 18.0. The van der Waals surface area contributed by atoms with Crippen LogP contribution in [0.2, 0.25) is 0 Å². The van der Waals surface area contributed by atoms with Crippen LogP contribution in [0.5, 0.6) is 0 Å². The van der Waals surface area contributed by atoms with Gasteiger partial charge in [-0.05, 0) is 25.1 Å². The maximum Gasteiger partial charge on any atom is 0.185 e. The third kappa shape index (κ3) is 5.04. The number of rotatable bonds is 8. The van der Waals surface area contributed by atoms with E-state index in [0.717, 1.165) is 19.2 Å². The standard InChI is InChI=1S/C14H21FN2O2/c1-3-6-17(7-8-18)10-11(2)14(19)13-5-4-12(15)9-16-13/h4-5,9,11,18H,3,6-8,10H2,1-2H3. The Morgan fingerprint density at radius 2 is 2.21 bits per heavy atom. The number of aliphatic hydroxyl groups excluding tert-OH is 1. The average molecular weight is 268 g/mol. The fourth-order valence-electron chi connectivity index (χ4n) is 2.00. The third-order valence-corrected chi connectivity index (χ3v) is 2.92. The molecule has 0 saturated heterocycles. The molecule has 0 amide bonds. The van der Waals surface area contributed by atoms with E-state index < -0.39 is 5.82 Å². The minimum atomic E-state index is -0.447. The highest BCUT2D eigenvalue weighted by atomic mass is 19.1. The lowest BCUT2D eigenvalue weighted by atomic mass is 10.0. The summed E-state index contributed by atoms with van der Waals surface area (Å²) in [6.45, 7) is 5.94. The number of Topliss-reactive ketones (excluding diaryl/α,β-unsaturated/α-hetero) is 1. The van der Waals surface area contributed by atoms with Crippen LogP contribution >= 0.6 is 0 Å². The fraction of sp³-hybridized carbons (Fsp3) is 0.571. The number of hydrogen-bond acceptors (Lipinski definition) is 4. The van der Waals surface area contributed by atoms with Gasteiger partial charge in [-0.15, -0.1) is 0 Å². The number of pyridine rings is 1. The first kappa shape index (κ1) is 15.7. The Morgan fingerprint density at radius 3 is 2.74 bits per heavy atom. The van der Waals surface area contributed by atoms with Crippen LogP contribution in [0.25, 0.3) is 0 Å². The second-order valence-electron chi connectivity index (χ2n) is 4.65. The molecule has 1 heterocycles. The largest absolute Gasteiger partial charge is 0.395 e. The third-order valence-electron chi connectivity index (χ3n) is 2.92. The summed E-state index contributed by atoms with van der Waals surface area (Å²) in [7, 11) is 0. The molecule has 106 valence electrons. The van der Waals surface area contributed by atoms with Crippen LogP contribution < -0.4 is 0 Å². The Bertz CT molecular complexity index is 389. The van der Waals surface area contributed by atoms with Gasteiger partial charge in [-0.3, -0.25) is 9.78 Å². The Kier molecular flexibility index (Phi) is 6.59. The van der Waals surface area contributed by atoms with Crippen molar-refractivity contribution >= 4 is 5.78 Å². The van der Waals surface area contributed by atoms with Crippen molar-refractivity contribution in [2.24, 2.45) is 5.92 Å². The molecule has 0 aromatic carbocycles. The lowest BCUT2D eigenvalue weighted by molar-refractivity contribution is 0.0876. The van der Waals surface area contributed by atoms with E-state index in [1.165, 1.54) is 12.1 Å². The van der Waals surface area contributed by atoms with E-state index in [2.05, 4.69) is 11.9 Å². The van der Waals surface area contributed by atoms with Crippen LogP contribution in [0.4, 0.5) is 4.39 Å². The fourth-order valence-corrected chi connectivity index (χ4v) is 2.00. The molecule has 5 heteroatoms. The molecule has 0 saturated carbocycles. The van der Waals surface area contributed by atoms with Crippen LogP contribution in [0.3, 0.4) is 0 Å². The van der Waals surface area contributed by atoms with E-state index in [1.54, 1.807) is 0 Å². The van der Waals surface area contributed by atoms with E-state index in [1.807, 2.05) is 11.8 Å². The Labute approximate surface area is 113 Å². The maximum absolute atomic E-state index is 12.8. The van der Waals surface area contributed by atoms with Gasteiger partial charge < -0.3 is 10.0 Å². The van der Waals surface area contributed by atoms with Crippen molar-refractivity contribution in [1.82, 2.24) is 9.88 Å². The number of carbonyl (C=O) groups excluding carboxylic acids is 1. The zero-order valence-corrected chi connectivity index (χ0v) is 11.5. The second kappa shape index (κ2) is 7.96. The van der Waals surface area contributed by atoms with Gasteiger partial charge >= 0.3 is 0 Å². The van der Waals surface area contributed by atoms with Crippen molar-refractivity contribution in [2.75, 3.05) is 26.2 Å². The van der Waals surface area contributed by atoms with Crippen LogP contribution in [0, 0.1) is 11.7 Å². The average Bonchev–Trinajstić information content (AvgIpc) is 2.39. The van der Waals surface area contributed by atoms with Crippen molar-refractivity contribution in [3.63, 3.8) is 0 Å². The first-order valence-corrected chi connectivity index (χ1v) is 6.57. The first-order chi connectivity index (χ1) is 9.08. The van der Waals surface area contributed by atoms with Crippen LogP contribution in [0.15, 0.2) is 18.3 Å². The predicted octanol–water partition coefficient (Wildman–Crippen LogP) is 1.74. The maximum atomic E-state index is 12.8. The molecule has 19 heavy (non-hydrogen) atoms. The number of halogens is 1. The van der Waals surface area contributed by atoms with E-state index in [9.17, 15) is 9.18 Å². The van der Waals surface area contributed by atoms with Crippen molar-refractivity contribution in [1.29, 1.82) is 0 Å². The highest BCUT2D eigenvalue weighted by Gasteiger charge is 2.19. The summed E-state index contributed by atoms with van der Waals surface area (Å²) in [5, 5.41) is 8.98. The van der Waals surface area contributed by atoms with E-state index in [-0.39, 0.29) is 24.0 Å². The van der Waals surface area contributed by atoms with Crippen LogP contribution in [-0.2, 0) is 0 Å². The predicted molar refractivity (Wildman–Crippen MR) is 71.5 cm³/mol. The zero-order valence-electron chi connectivity index (χ0n) is 11.5. The quantitative estimate of drug-likeness (QED) is 0.730. The number of aromatic nitrogens is 1. The van der Waals surface area contributed by atoms with Gasteiger partial charge in [0.1, 0.15) is 11.5 Å². The van der Waals surface area contributed by atoms with Crippen molar-refractivity contribution in [3.05, 3.63) is 29.8 Å². The summed E-state index contributed by atoms with van der Waals surface area (Å²) in [5.74, 6) is -0.771. The molecule has 0 aliphatic rings. The summed E-state index contributed by atoms with van der Waals surface area (Å²) >= 11 is 0. The van der Waals surface area contributed by atoms with Crippen LogP contribution in [-0.4, -0.2) is 47.0 Å². The molecular weight excluding hydrogens is 247 g/mol. The molecule has 1 N–H and O–H groups in total. The number of ketones is 1. The van der Waals surface area contributed by atoms with Crippen molar-refractivity contribution in [3.8, 4) is 0 Å². The van der Waals surface area contributed by atoms with E-state index in [0.29, 0.717) is 13.1 Å². The van der Waals surface area contributed by atoms with Crippen molar-refractivity contribution < 1.29 is 14.3 Å². The summed E-state index contributed by atoms with van der Waals surface area (Å²) in [6, 6.07) is 2.65. The lowest BCUT2D eigenvalue weighted by Crippen LogP contribution is -2.34. The molecule has 0 aliphatic carbocycles. The number of hydrogen-bond donors (Lipinski definition) is 1. The van der Waals surface area contributed by atoms with E-state index in [4.69, 9.17) is 5.11 Å². The second-order valence-corrected chi connectivity index (χ2v) is 4.65. The van der Waals surface area contributed by atoms with Gasteiger partial charge in [-0.2, -0.15) is 0 Å². The molecule has 0 bridgehead atoms. The minimum Gasteiger partial charge on any atom is -0.395 e. The molecular formula is C14H21FN2O2. The molecule has 0 spiro atoms. The summed E-state index contributed by atoms with van der Waals surface area (Å²) < 4.78 is 12.8. The Hall–Kier alpha value is -1.33. The Morgan fingerprint density at radius 1 is 1.47 bits per heavy atom. The Balaban J connectivity index is 2.62. The number of aliphatic hydroxyl groups is 1. The van der Waals surface area contributed by atoms with Gasteiger partial charge in [-0.1, -0.05) is 13.8 Å². The molecule has 4 nitrogen and oxygen atoms in total. The molecule has 1 unspecified atom stereocenters. The van der Waals surface area contributed by atoms with Crippen LogP contribution in [0.1, 0.15) is 30.8 Å². The van der Waals surface area contributed by atoms with Gasteiger partial charge in [0.25, 0.3) is 0 Å². The zero-order chi connectivity index (χ0) is 14.3. The van der Waals surface area contributed by atoms with Gasteiger partial charge in [0.15, 0.2) is 5.78 Å². The minimum absolute atomic E-state index is 0.0791. The monoisotopic (exact) mass is 268 g/mol. The van der Waals surface area contributed by atoms with Gasteiger partial charge in [0.2, 0.25) is 0 Å². The number of carbonyl (C=O) groups is 1. The molecule has 0 aliphatic heterocycles. The SMILES string of the molecule is CCCN(CCO)CC(C)C(=O)c1ccc(F)cn1. The lowest BCUT2D eigenvalue weighted by Gasteiger charge is -2.23. The van der Waals surface area contributed by atoms with Gasteiger partial charge in [0, 0.05) is 19.0 Å². The number of nitrogens with zero attached hydrogens (tertiary/aromatic N) is 2. The molecule has 0 fully saturated rings. The van der Waals surface area contributed by atoms with Gasteiger partial charge in [0.05, 0.1) is 12.8 Å². The topological polar surface area (TPSA) is 53.4 Å². The molecule has 0 radical (unpaired) electrons. The first-order valence-electron chi connectivity index (χ1n) is 6.57. The van der Waals surface area contributed by atoms with E-state index >= 15 is 0 Å². The highest BCUT2D eigenvalue weighted by Crippen LogP contribution is 2.09. The summed E-state index contributed by atoms with van der Waals surface area (Å²) in [5.41, 5.74) is 0.286. The molecule has 1 rings (SSSR count). The normalized spacial score (nSPS) is 12.7. The smallest absolute Gasteiger partial charge is 0.185 e.